The minimum atomic E-state index is -0.344. The molecule has 0 aliphatic carbocycles. The maximum absolute atomic E-state index is 11.9. The zero-order valence-corrected chi connectivity index (χ0v) is 16.8. The molecule has 0 saturated carbocycles. The van der Waals surface area contributed by atoms with Crippen LogP contribution in [-0.2, 0) is 11.4 Å². The molecule has 0 fully saturated rings. The third kappa shape index (κ3) is 6.67. The highest BCUT2D eigenvalue weighted by atomic mass is 16.5. The van der Waals surface area contributed by atoms with Crippen molar-refractivity contribution in [2.75, 3.05) is 13.2 Å². The summed E-state index contributed by atoms with van der Waals surface area (Å²) in [5, 5.41) is 3.98. The van der Waals surface area contributed by atoms with Crippen molar-refractivity contribution in [1.29, 1.82) is 0 Å². The minimum Gasteiger partial charge on any atom is -0.490 e. The van der Waals surface area contributed by atoms with Crippen molar-refractivity contribution in [1.82, 2.24) is 5.43 Å². The van der Waals surface area contributed by atoms with E-state index in [1.54, 1.807) is 18.3 Å². The van der Waals surface area contributed by atoms with Gasteiger partial charge < -0.3 is 14.2 Å². The van der Waals surface area contributed by atoms with Crippen molar-refractivity contribution in [2.24, 2.45) is 5.10 Å². The lowest BCUT2D eigenvalue weighted by Gasteiger charge is -2.12. The van der Waals surface area contributed by atoms with E-state index in [2.05, 4.69) is 10.5 Å². The van der Waals surface area contributed by atoms with Crippen LogP contribution >= 0.6 is 0 Å². The molecular weight excluding hydrogens is 380 g/mol. The fourth-order valence-corrected chi connectivity index (χ4v) is 2.60. The van der Waals surface area contributed by atoms with Crippen LogP contribution in [0.3, 0.4) is 0 Å². The molecule has 0 spiro atoms. The Morgan fingerprint density at radius 1 is 0.900 bits per heavy atom. The van der Waals surface area contributed by atoms with Crippen LogP contribution in [-0.4, -0.2) is 25.3 Å². The Bertz CT molecular complexity index is 959. The van der Waals surface area contributed by atoms with Crippen molar-refractivity contribution in [3.05, 3.63) is 90.0 Å². The molecular formula is C24H24N2O4. The number of benzene rings is 3. The summed E-state index contributed by atoms with van der Waals surface area (Å²) in [4.78, 5) is 11.9. The molecule has 0 heterocycles. The van der Waals surface area contributed by atoms with E-state index >= 15 is 0 Å². The van der Waals surface area contributed by atoms with E-state index in [1.807, 2.05) is 73.7 Å². The Hall–Kier alpha value is -3.80. The molecule has 3 aromatic carbocycles. The Morgan fingerprint density at radius 3 is 2.37 bits per heavy atom. The normalized spacial score (nSPS) is 10.6. The molecule has 154 valence electrons. The first kappa shape index (κ1) is 20.9. The molecule has 6 nitrogen and oxygen atoms in total. The number of hydrogen-bond donors (Lipinski definition) is 1. The molecule has 3 aromatic rings. The minimum absolute atomic E-state index is 0.113. The molecule has 0 atom stereocenters. The van der Waals surface area contributed by atoms with Gasteiger partial charge in [-0.25, -0.2) is 5.43 Å². The molecule has 3 rings (SSSR count). The summed E-state index contributed by atoms with van der Waals surface area (Å²) in [5.74, 6) is 1.56. The van der Waals surface area contributed by atoms with Gasteiger partial charge >= 0.3 is 0 Å². The van der Waals surface area contributed by atoms with Crippen LogP contribution in [0.4, 0.5) is 0 Å². The summed E-state index contributed by atoms with van der Waals surface area (Å²) < 4.78 is 17.0. The summed E-state index contributed by atoms with van der Waals surface area (Å²) in [6, 6.07) is 24.6. The molecule has 1 amide bonds. The fourth-order valence-electron chi connectivity index (χ4n) is 2.60. The van der Waals surface area contributed by atoms with Crippen LogP contribution < -0.4 is 19.6 Å². The number of ether oxygens (including phenoxy) is 3. The first-order valence-corrected chi connectivity index (χ1v) is 9.68. The monoisotopic (exact) mass is 404 g/mol. The second-order valence-corrected chi connectivity index (χ2v) is 6.31. The standard InChI is InChI=1S/C24H24N2O4/c1-2-28-23-15-20(13-14-22(23)30-17-19-9-5-3-6-10-19)16-25-26-24(27)18-29-21-11-7-4-8-12-21/h3-16H,2,17-18H2,1H3,(H,26,27). The fraction of sp³-hybridized carbons (Fsp3) is 0.167. The van der Waals surface area contributed by atoms with Gasteiger partial charge in [0.25, 0.3) is 5.91 Å². The lowest BCUT2D eigenvalue weighted by atomic mass is 10.2. The van der Waals surface area contributed by atoms with E-state index in [1.165, 1.54) is 0 Å². The number of rotatable bonds is 10. The molecule has 1 N–H and O–H groups in total. The summed E-state index contributed by atoms with van der Waals surface area (Å²) in [7, 11) is 0. The zero-order valence-electron chi connectivity index (χ0n) is 16.8. The summed E-state index contributed by atoms with van der Waals surface area (Å²) in [6.07, 6.45) is 1.55. The van der Waals surface area contributed by atoms with E-state index < -0.39 is 0 Å². The molecule has 0 unspecified atom stereocenters. The van der Waals surface area contributed by atoms with Gasteiger partial charge in [0.05, 0.1) is 12.8 Å². The van der Waals surface area contributed by atoms with Crippen molar-refractivity contribution in [2.45, 2.75) is 13.5 Å². The average Bonchev–Trinajstić information content (AvgIpc) is 2.79. The van der Waals surface area contributed by atoms with Gasteiger partial charge in [-0.15, -0.1) is 0 Å². The van der Waals surface area contributed by atoms with Gasteiger partial charge in [0.2, 0.25) is 0 Å². The lowest BCUT2D eigenvalue weighted by molar-refractivity contribution is -0.123. The first-order valence-electron chi connectivity index (χ1n) is 9.68. The largest absolute Gasteiger partial charge is 0.490 e. The van der Waals surface area contributed by atoms with Crippen LogP contribution in [0.2, 0.25) is 0 Å². The van der Waals surface area contributed by atoms with Crippen LogP contribution in [0.25, 0.3) is 0 Å². The van der Waals surface area contributed by atoms with Gasteiger partial charge in [0.15, 0.2) is 18.1 Å². The Kier molecular flexibility index (Phi) is 7.85. The Balaban J connectivity index is 1.54. The van der Waals surface area contributed by atoms with Gasteiger partial charge in [-0.3, -0.25) is 4.79 Å². The first-order chi connectivity index (χ1) is 14.7. The second kappa shape index (κ2) is 11.3. The summed E-state index contributed by atoms with van der Waals surface area (Å²) in [6.45, 7) is 2.76. The molecule has 0 saturated heterocycles. The second-order valence-electron chi connectivity index (χ2n) is 6.31. The third-order valence-electron chi connectivity index (χ3n) is 4.02. The molecule has 0 aromatic heterocycles. The van der Waals surface area contributed by atoms with E-state index in [-0.39, 0.29) is 12.5 Å². The lowest BCUT2D eigenvalue weighted by Crippen LogP contribution is -2.24. The van der Waals surface area contributed by atoms with Crippen LogP contribution in [0.5, 0.6) is 17.2 Å². The van der Waals surface area contributed by atoms with E-state index in [9.17, 15) is 4.79 Å². The third-order valence-corrected chi connectivity index (χ3v) is 4.02. The van der Waals surface area contributed by atoms with Crippen molar-refractivity contribution in [3.63, 3.8) is 0 Å². The topological polar surface area (TPSA) is 69.2 Å². The predicted molar refractivity (Wildman–Crippen MR) is 116 cm³/mol. The number of nitrogens with zero attached hydrogens (tertiary/aromatic N) is 1. The van der Waals surface area contributed by atoms with E-state index in [4.69, 9.17) is 14.2 Å². The number of hydrogen-bond acceptors (Lipinski definition) is 5. The van der Waals surface area contributed by atoms with E-state index in [0.29, 0.717) is 30.5 Å². The highest BCUT2D eigenvalue weighted by Crippen LogP contribution is 2.28. The van der Waals surface area contributed by atoms with Gasteiger partial charge in [0.1, 0.15) is 12.4 Å². The van der Waals surface area contributed by atoms with Gasteiger partial charge in [-0.05, 0) is 48.4 Å². The highest BCUT2D eigenvalue weighted by molar-refractivity contribution is 5.83. The van der Waals surface area contributed by atoms with E-state index in [0.717, 1.165) is 11.1 Å². The van der Waals surface area contributed by atoms with Gasteiger partial charge in [-0.2, -0.15) is 5.10 Å². The van der Waals surface area contributed by atoms with Crippen LogP contribution in [0.15, 0.2) is 84.0 Å². The van der Waals surface area contributed by atoms with Gasteiger partial charge in [0, 0.05) is 0 Å². The summed E-state index contributed by atoms with van der Waals surface area (Å²) in [5.41, 5.74) is 4.30. The molecule has 0 bridgehead atoms. The van der Waals surface area contributed by atoms with Crippen molar-refractivity contribution >= 4 is 12.1 Å². The van der Waals surface area contributed by atoms with Crippen LogP contribution in [0, 0.1) is 0 Å². The van der Waals surface area contributed by atoms with Crippen molar-refractivity contribution < 1.29 is 19.0 Å². The average molecular weight is 404 g/mol. The zero-order chi connectivity index (χ0) is 21.0. The highest BCUT2D eigenvalue weighted by Gasteiger charge is 2.07. The SMILES string of the molecule is CCOc1cc(C=NNC(=O)COc2ccccc2)ccc1OCc1ccccc1. The van der Waals surface area contributed by atoms with Crippen LogP contribution in [0.1, 0.15) is 18.1 Å². The smallest absolute Gasteiger partial charge is 0.277 e. The maximum Gasteiger partial charge on any atom is 0.277 e. The number of hydrazone groups is 1. The van der Waals surface area contributed by atoms with Crippen molar-refractivity contribution in [3.8, 4) is 17.2 Å². The Labute approximate surface area is 176 Å². The molecule has 0 aliphatic heterocycles. The molecule has 0 radical (unpaired) electrons. The number of nitrogens with one attached hydrogen (secondary N) is 1. The molecule has 6 heteroatoms. The number of amides is 1. The maximum atomic E-state index is 11.9. The van der Waals surface area contributed by atoms with Gasteiger partial charge in [-0.1, -0.05) is 48.5 Å². The number of carbonyl (C=O) groups excluding carboxylic acids is 1. The number of carbonyl (C=O) groups is 1. The Morgan fingerprint density at radius 2 is 1.63 bits per heavy atom. The quantitative estimate of drug-likeness (QED) is 0.406. The molecule has 30 heavy (non-hydrogen) atoms. The summed E-state index contributed by atoms with van der Waals surface area (Å²) >= 11 is 0. The predicted octanol–water partition coefficient (Wildman–Crippen LogP) is 4.19. The molecule has 0 aliphatic rings. The number of para-hydroxylation sites is 1.